The number of ether oxygens (including phenoxy) is 2. The highest BCUT2D eigenvalue weighted by atomic mass is 32.1. The molecular weight excluding hydrogens is 280 g/mol. The second-order valence-corrected chi connectivity index (χ2v) is 5.39. The first kappa shape index (κ1) is 14.9. The lowest BCUT2D eigenvalue weighted by molar-refractivity contribution is 0.0526. The normalized spacial score (nSPS) is 14.1. The minimum atomic E-state index is -0.496. The van der Waals surface area contributed by atoms with Crippen LogP contribution < -0.4 is 5.32 Å². The van der Waals surface area contributed by atoms with Crippen LogP contribution in [0.15, 0.2) is 5.38 Å². The van der Waals surface area contributed by atoms with Crippen molar-refractivity contribution in [3.8, 4) is 0 Å². The molecule has 1 fully saturated rings. The Kier molecular flexibility index (Phi) is 5.49. The lowest BCUT2D eigenvalue weighted by Gasteiger charge is -2.04. The zero-order chi connectivity index (χ0) is 14.4. The van der Waals surface area contributed by atoms with E-state index in [0.29, 0.717) is 13.2 Å². The van der Waals surface area contributed by atoms with Crippen molar-refractivity contribution in [3.05, 3.63) is 16.1 Å². The zero-order valence-electron chi connectivity index (χ0n) is 11.4. The average Bonchev–Trinajstić information content (AvgIpc) is 3.12. The molecule has 1 heterocycles. The molecule has 0 atom stereocenters. The molecule has 1 aromatic rings. The van der Waals surface area contributed by atoms with Crippen LogP contribution in [0.4, 0.5) is 0 Å². The highest BCUT2D eigenvalue weighted by Gasteiger charge is 2.21. The van der Waals surface area contributed by atoms with E-state index in [1.54, 1.807) is 12.3 Å². The van der Waals surface area contributed by atoms with Gasteiger partial charge < -0.3 is 14.8 Å². The van der Waals surface area contributed by atoms with E-state index in [2.05, 4.69) is 10.3 Å². The van der Waals surface area contributed by atoms with E-state index in [1.807, 2.05) is 0 Å². The van der Waals surface area contributed by atoms with Crippen LogP contribution in [-0.4, -0.2) is 43.2 Å². The molecular formula is C13H18N2O4S. The molecule has 20 heavy (non-hydrogen) atoms. The van der Waals surface area contributed by atoms with E-state index < -0.39 is 5.97 Å². The maximum Gasteiger partial charge on any atom is 0.367 e. The average molecular weight is 298 g/mol. The smallest absolute Gasteiger partial charge is 0.367 e. The van der Waals surface area contributed by atoms with Gasteiger partial charge in [0.05, 0.1) is 13.2 Å². The molecule has 0 bridgehead atoms. The summed E-state index contributed by atoms with van der Waals surface area (Å²) in [6, 6.07) is 0. The maximum absolute atomic E-state index is 11.8. The van der Waals surface area contributed by atoms with Gasteiger partial charge in [-0.05, 0) is 25.7 Å². The number of amides is 1. The number of carbonyl (C=O) groups excluding carboxylic acids is 2. The Labute approximate surface area is 121 Å². The largest absolute Gasteiger partial charge is 0.461 e. The Balaban J connectivity index is 1.69. The number of nitrogens with one attached hydrogen (secondary N) is 1. The van der Waals surface area contributed by atoms with Gasteiger partial charge in [-0.2, -0.15) is 0 Å². The van der Waals surface area contributed by atoms with E-state index >= 15 is 0 Å². The minimum absolute atomic E-state index is 0.196. The SMILES string of the molecule is CCOC(=O)c1nc(C(=O)NCCOCC2CC2)cs1. The van der Waals surface area contributed by atoms with Crippen LogP contribution in [0.2, 0.25) is 0 Å². The van der Waals surface area contributed by atoms with Crippen molar-refractivity contribution >= 4 is 23.2 Å². The third-order valence-corrected chi connectivity index (χ3v) is 3.59. The van der Waals surface area contributed by atoms with Crippen LogP contribution in [0.25, 0.3) is 0 Å². The maximum atomic E-state index is 11.8. The molecule has 2 rings (SSSR count). The molecule has 7 heteroatoms. The minimum Gasteiger partial charge on any atom is -0.461 e. The number of hydrogen-bond acceptors (Lipinski definition) is 6. The van der Waals surface area contributed by atoms with E-state index in [4.69, 9.17) is 9.47 Å². The highest BCUT2D eigenvalue weighted by Crippen LogP contribution is 2.28. The van der Waals surface area contributed by atoms with Crippen molar-refractivity contribution < 1.29 is 19.1 Å². The summed E-state index contributed by atoms with van der Waals surface area (Å²) >= 11 is 1.10. The standard InChI is InChI=1S/C13H18N2O4S/c1-2-19-13(17)12-15-10(8-20-12)11(16)14-5-6-18-7-9-3-4-9/h8-9H,2-7H2,1H3,(H,14,16). The van der Waals surface area contributed by atoms with E-state index in [0.717, 1.165) is 23.9 Å². The van der Waals surface area contributed by atoms with Gasteiger partial charge in [-0.25, -0.2) is 9.78 Å². The lowest BCUT2D eigenvalue weighted by atomic mass is 10.4. The van der Waals surface area contributed by atoms with Gasteiger partial charge in [0, 0.05) is 18.5 Å². The molecule has 1 N–H and O–H groups in total. The monoisotopic (exact) mass is 298 g/mol. The summed E-state index contributed by atoms with van der Waals surface area (Å²) in [5.41, 5.74) is 0.236. The van der Waals surface area contributed by atoms with E-state index in [-0.39, 0.29) is 23.2 Å². The predicted octanol–water partition coefficient (Wildman–Crippen LogP) is 1.48. The van der Waals surface area contributed by atoms with Crippen molar-refractivity contribution in [1.29, 1.82) is 0 Å². The van der Waals surface area contributed by atoms with Gasteiger partial charge in [0.2, 0.25) is 5.01 Å². The molecule has 0 radical (unpaired) electrons. The number of rotatable bonds is 8. The van der Waals surface area contributed by atoms with Gasteiger partial charge >= 0.3 is 5.97 Å². The number of aromatic nitrogens is 1. The van der Waals surface area contributed by atoms with Crippen LogP contribution >= 0.6 is 11.3 Å². The molecule has 0 saturated heterocycles. The summed E-state index contributed by atoms with van der Waals surface area (Å²) in [6.45, 7) is 3.73. The molecule has 1 aliphatic rings. The summed E-state index contributed by atoms with van der Waals surface area (Å²) in [4.78, 5) is 27.2. The summed E-state index contributed by atoms with van der Waals surface area (Å²) in [5, 5.41) is 4.45. The number of nitrogens with zero attached hydrogens (tertiary/aromatic N) is 1. The second kappa shape index (κ2) is 7.35. The van der Waals surface area contributed by atoms with Gasteiger partial charge in [-0.15, -0.1) is 11.3 Å². The lowest BCUT2D eigenvalue weighted by Crippen LogP contribution is -2.27. The summed E-state index contributed by atoms with van der Waals surface area (Å²) < 4.78 is 10.2. The zero-order valence-corrected chi connectivity index (χ0v) is 12.2. The Hall–Kier alpha value is -1.47. The molecule has 0 unspecified atom stereocenters. The van der Waals surface area contributed by atoms with Gasteiger partial charge in [0.1, 0.15) is 5.69 Å². The van der Waals surface area contributed by atoms with Gasteiger partial charge in [0.15, 0.2) is 0 Å². The van der Waals surface area contributed by atoms with Crippen LogP contribution in [0.3, 0.4) is 0 Å². The predicted molar refractivity (Wildman–Crippen MR) is 73.9 cm³/mol. The fourth-order valence-electron chi connectivity index (χ4n) is 1.53. The van der Waals surface area contributed by atoms with Crippen LogP contribution in [0.1, 0.15) is 40.1 Å². The first-order valence-corrected chi connectivity index (χ1v) is 7.57. The third kappa shape index (κ3) is 4.57. The number of carbonyl (C=O) groups is 2. The number of hydrogen-bond donors (Lipinski definition) is 1. The molecule has 110 valence electrons. The van der Waals surface area contributed by atoms with Crippen molar-refractivity contribution in [2.45, 2.75) is 19.8 Å². The van der Waals surface area contributed by atoms with Gasteiger partial charge in [-0.3, -0.25) is 4.79 Å². The molecule has 0 aliphatic heterocycles. The quantitative estimate of drug-likeness (QED) is 0.581. The van der Waals surface area contributed by atoms with E-state index in [9.17, 15) is 9.59 Å². The molecule has 1 aliphatic carbocycles. The van der Waals surface area contributed by atoms with E-state index in [1.165, 1.54) is 12.8 Å². The molecule has 1 saturated carbocycles. The fraction of sp³-hybridized carbons (Fsp3) is 0.615. The van der Waals surface area contributed by atoms with Crippen LogP contribution in [0, 0.1) is 5.92 Å². The molecule has 1 aromatic heterocycles. The van der Waals surface area contributed by atoms with Gasteiger partial charge in [0.25, 0.3) is 5.91 Å². The van der Waals surface area contributed by atoms with Crippen LogP contribution in [0.5, 0.6) is 0 Å². The Morgan fingerprint density at radius 2 is 2.30 bits per heavy atom. The van der Waals surface area contributed by atoms with Crippen LogP contribution in [-0.2, 0) is 9.47 Å². The second-order valence-electron chi connectivity index (χ2n) is 4.53. The molecule has 0 aromatic carbocycles. The first-order valence-electron chi connectivity index (χ1n) is 6.69. The third-order valence-electron chi connectivity index (χ3n) is 2.77. The Morgan fingerprint density at radius 1 is 1.50 bits per heavy atom. The molecule has 0 spiro atoms. The summed E-state index contributed by atoms with van der Waals surface area (Å²) in [7, 11) is 0. The first-order chi connectivity index (χ1) is 9.70. The molecule has 6 nitrogen and oxygen atoms in total. The topological polar surface area (TPSA) is 77.5 Å². The highest BCUT2D eigenvalue weighted by molar-refractivity contribution is 7.11. The fourth-order valence-corrected chi connectivity index (χ4v) is 2.22. The molecule has 1 amide bonds. The van der Waals surface area contributed by atoms with Crippen molar-refractivity contribution in [2.75, 3.05) is 26.4 Å². The Bertz CT molecular complexity index is 471. The summed E-state index contributed by atoms with van der Waals surface area (Å²) in [6.07, 6.45) is 2.50. The van der Waals surface area contributed by atoms with Crippen molar-refractivity contribution in [2.24, 2.45) is 5.92 Å². The van der Waals surface area contributed by atoms with Crippen molar-refractivity contribution in [3.63, 3.8) is 0 Å². The number of thiazole rings is 1. The summed E-state index contributed by atoms with van der Waals surface area (Å²) in [5.74, 6) is -0.0764. The van der Waals surface area contributed by atoms with Crippen molar-refractivity contribution in [1.82, 2.24) is 10.3 Å². The number of esters is 1. The Morgan fingerprint density at radius 3 is 3.00 bits per heavy atom. The van der Waals surface area contributed by atoms with Gasteiger partial charge in [-0.1, -0.05) is 0 Å².